The second kappa shape index (κ2) is 10.5. The van der Waals surface area contributed by atoms with E-state index in [2.05, 4.69) is 26.9 Å². The number of aromatic nitrogens is 1. The monoisotopic (exact) mass is 485 g/mol. The fraction of sp³-hybridized carbons (Fsp3) is 0.467. The Hall–Kier alpha value is -3.12. The van der Waals surface area contributed by atoms with Crippen LogP contribution < -0.4 is 14.4 Å². The highest BCUT2D eigenvalue weighted by atomic mass is 16.7. The summed E-state index contributed by atoms with van der Waals surface area (Å²) in [6.45, 7) is 5.74. The molecule has 0 radical (unpaired) electrons. The van der Waals surface area contributed by atoms with Crippen molar-refractivity contribution in [3.63, 3.8) is 0 Å². The number of anilines is 1. The van der Waals surface area contributed by atoms with Crippen molar-refractivity contribution in [3.8, 4) is 11.5 Å². The average molecular weight is 486 g/mol. The van der Waals surface area contributed by atoms with Gasteiger partial charge in [0.15, 0.2) is 17.3 Å². The zero-order chi connectivity index (χ0) is 24.3. The van der Waals surface area contributed by atoms with Crippen LogP contribution in [-0.4, -0.2) is 55.2 Å². The Morgan fingerprint density at radius 1 is 0.889 bits per heavy atom. The largest absolute Gasteiger partial charge is 0.454 e. The van der Waals surface area contributed by atoms with Gasteiger partial charge < -0.3 is 14.4 Å². The molecule has 0 N–H and O–H groups in total. The Morgan fingerprint density at radius 3 is 2.56 bits per heavy atom. The number of ketones is 1. The van der Waals surface area contributed by atoms with Gasteiger partial charge in [0.1, 0.15) is 0 Å². The van der Waals surface area contributed by atoms with E-state index in [1.54, 1.807) is 6.20 Å². The molecule has 0 bridgehead atoms. The van der Waals surface area contributed by atoms with E-state index in [-0.39, 0.29) is 5.78 Å². The van der Waals surface area contributed by atoms with E-state index in [0.29, 0.717) is 19.1 Å². The summed E-state index contributed by atoms with van der Waals surface area (Å²) >= 11 is 0. The second-order valence-electron chi connectivity index (χ2n) is 10.5. The molecule has 2 aliphatic heterocycles. The normalized spacial score (nSPS) is 22.2. The number of hydrogen-bond donors (Lipinski definition) is 0. The van der Waals surface area contributed by atoms with Gasteiger partial charge in [0.05, 0.1) is 11.2 Å². The first-order chi connectivity index (χ1) is 17.7. The van der Waals surface area contributed by atoms with Crippen LogP contribution in [0, 0.1) is 11.8 Å². The van der Waals surface area contributed by atoms with Crippen LogP contribution in [0.2, 0.25) is 0 Å². The van der Waals surface area contributed by atoms with E-state index < -0.39 is 0 Å². The Labute approximate surface area is 213 Å². The van der Waals surface area contributed by atoms with E-state index in [0.717, 1.165) is 65.7 Å². The topological polar surface area (TPSA) is 54.9 Å². The number of nitrogens with zero attached hydrogens (tertiary/aromatic N) is 3. The molecule has 3 aromatic rings. The van der Waals surface area contributed by atoms with Gasteiger partial charge in [-0.1, -0.05) is 37.1 Å². The number of fused-ring (bicyclic) bond motifs is 2. The second-order valence-corrected chi connectivity index (χ2v) is 10.5. The van der Waals surface area contributed by atoms with Crippen molar-refractivity contribution >= 4 is 22.4 Å². The van der Waals surface area contributed by atoms with Gasteiger partial charge >= 0.3 is 0 Å². The molecule has 6 rings (SSSR count). The summed E-state index contributed by atoms with van der Waals surface area (Å²) in [5, 5.41) is 0.983. The van der Waals surface area contributed by atoms with Gasteiger partial charge in [-0.3, -0.25) is 14.7 Å². The first-order valence-electron chi connectivity index (χ1n) is 13.5. The molecule has 3 aliphatic rings. The standard InChI is InChI=1S/C30H35N3O3/c34-28(25-12-14-31-26-5-2-1-4-24(25)26)20-23-10-8-22(9-11-23)13-15-32-16-18-33(19-17-32)27-6-3-7-29-30(27)36-21-35-29/h1-7,12,14,22-23H,8-11,13,15-21H2. The summed E-state index contributed by atoms with van der Waals surface area (Å²) in [7, 11) is 0. The van der Waals surface area contributed by atoms with Crippen molar-refractivity contribution in [1.82, 2.24) is 9.88 Å². The maximum Gasteiger partial charge on any atom is 0.231 e. The van der Waals surface area contributed by atoms with Crippen LogP contribution in [0.4, 0.5) is 5.69 Å². The molecule has 3 heterocycles. The first kappa shape index (κ1) is 23.3. The van der Waals surface area contributed by atoms with E-state index >= 15 is 0 Å². The number of carbonyl (C=O) groups excluding carboxylic acids is 1. The predicted molar refractivity (Wildman–Crippen MR) is 142 cm³/mol. The van der Waals surface area contributed by atoms with Crippen molar-refractivity contribution in [2.75, 3.05) is 44.4 Å². The highest BCUT2D eigenvalue weighted by molar-refractivity contribution is 6.07. The molecular weight excluding hydrogens is 450 g/mol. The maximum atomic E-state index is 13.1. The van der Waals surface area contributed by atoms with E-state index in [4.69, 9.17) is 9.47 Å². The van der Waals surface area contributed by atoms with Crippen LogP contribution in [0.25, 0.3) is 10.9 Å². The summed E-state index contributed by atoms with van der Waals surface area (Å²) in [4.78, 5) is 22.5. The number of rotatable bonds is 7. The van der Waals surface area contributed by atoms with Crippen LogP contribution in [-0.2, 0) is 0 Å². The molecule has 188 valence electrons. The van der Waals surface area contributed by atoms with Gasteiger partial charge in [-0.2, -0.15) is 0 Å². The summed E-state index contributed by atoms with van der Waals surface area (Å²) in [6, 6.07) is 16.0. The average Bonchev–Trinajstić information content (AvgIpc) is 3.42. The number of hydrogen-bond acceptors (Lipinski definition) is 6. The molecule has 1 aromatic heterocycles. The Morgan fingerprint density at radius 2 is 1.69 bits per heavy atom. The van der Waals surface area contributed by atoms with Gasteiger partial charge in [-0.05, 0) is 61.9 Å². The predicted octanol–water partition coefficient (Wildman–Crippen LogP) is 5.56. The molecular formula is C30H35N3O3. The Kier molecular flexibility index (Phi) is 6.77. The zero-order valence-electron chi connectivity index (χ0n) is 20.9. The lowest BCUT2D eigenvalue weighted by Crippen LogP contribution is -2.47. The lowest BCUT2D eigenvalue weighted by Gasteiger charge is -2.37. The molecule has 36 heavy (non-hydrogen) atoms. The Balaban J connectivity index is 0.942. The fourth-order valence-electron chi connectivity index (χ4n) is 6.18. The molecule has 1 saturated carbocycles. The van der Waals surface area contributed by atoms with Gasteiger partial charge in [0, 0.05) is 49.7 Å². The summed E-state index contributed by atoms with van der Waals surface area (Å²) < 4.78 is 11.3. The SMILES string of the molecule is O=C(CC1CCC(CCN2CCN(c3cccc4c3OCO4)CC2)CC1)c1ccnc2ccccc12. The number of piperazine rings is 1. The highest BCUT2D eigenvalue weighted by Crippen LogP contribution is 2.41. The third kappa shape index (κ3) is 4.92. The van der Waals surface area contributed by atoms with E-state index in [9.17, 15) is 4.79 Å². The molecule has 2 fully saturated rings. The molecule has 1 saturated heterocycles. The minimum atomic E-state index is 0.274. The maximum absolute atomic E-state index is 13.1. The molecule has 1 aliphatic carbocycles. The minimum Gasteiger partial charge on any atom is -0.454 e. The quantitative estimate of drug-likeness (QED) is 0.409. The summed E-state index contributed by atoms with van der Waals surface area (Å²) in [5.74, 6) is 3.35. The van der Waals surface area contributed by atoms with Gasteiger partial charge in [-0.15, -0.1) is 0 Å². The number of pyridine rings is 1. The lowest BCUT2D eigenvalue weighted by atomic mass is 9.78. The number of Topliss-reactive ketones (excluding diaryl/α,β-unsaturated/α-hetero) is 1. The van der Waals surface area contributed by atoms with Crippen LogP contribution in [0.5, 0.6) is 11.5 Å². The Bertz CT molecular complexity index is 1210. The van der Waals surface area contributed by atoms with E-state index in [1.165, 1.54) is 38.6 Å². The zero-order valence-corrected chi connectivity index (χ0v) is 20.9. The molecule has 2 aromatic carbocycles. The minimum absolute atomic E-state index is 0.274. The number of para-hydroxylation sites is 2. The van der Waals surface area contributed by atoms with Crippen molar-refractivity contribution < 1.29 is 14.3 Å². The van der Waals surface area contributed by atoms with Crippen LogP contribution in [0.1, 0.15) is 48.9 Å². The van der Waals surface area contributed by atoms with Gasteiger partial charge in [0.25, 0.3) is 0 Å². The summed E-state index contributed by atoms with van der Waals surface area (Å²) in [5.41, 5.74) is 2.90. The molecule has 6 nitrogen and oxygen atoms in total. The van der Waals surface area contributed by atoms with E-state index in [1.807, 2.05) is 36.4 Å². The fourth-order valence-corrected chi connectivity index (χ4v) is 6.18. The van der Waals surface area contributed by atoms with Crippen molar-refractivity contribution in [2.45, 2.75) is 38.5 Å². The molecule has 0 unspecified atom stereocenters. The molecule has 0 atom stereocenters. The van der Waals surface area contributed by atoms with Crippen molar-refractivity contribution in [2.24, 2.45) is 11.8 Å². The van der Waals surface area contributed by atoms with Crippen LogP contribution >= 0.6 is 0 Å². The van der Waals surface area contributed by atoms with Gasteiger partial charge in [0.2, 0.25) is 6.79 Å². The van der Waals surface area contributed by atoms with Crippen molar-refractivity contribution in [1.29, 1.82) is 0 Å². The summed E-state index contributed by atoms with van der Waals surface area (Å²) in [6.07, 6.45) is 8.56. The first-order valence-corrected chi connectivity index (χ1v) is 13.5. The number of benzene rings is 2. The number of carbonyl (C=O) groups is 1. The third-order valence-corrected chi connectivity index (χ3v) is 8.33. The lowest BCUT2D eigenvalue weighted by molar-refractivity contribution is 0.0941. The van der Waals surface area contributed by atoms with Crippen molar-refractivity contribution in [3.05, 3.63) is 60.3 Å². The number of ether oxygens (including phenoxy) is 2. The third-order valence-electron chi connectivity index (χ3n) is 8.33. The molecule has 6 heteroatoms. The molecule has 0 amide bonds. The smallest absolute Gasteiger partial charge is 0.231 e. The van der Waals surface area contributed by atoms with Crippen LogP contribution in [0.3, 0.4) is 0 Å². The van der Waals surface area contributed by atoms with Crippen LogP contribution in [0.15, 0.2) is 54.7 Å². The molecule has 0 spiro atoms. The highest BCUT2D eigenvalue weighted by Gasteiger charge is 2.27. The van der Waals surface area contributed by atoms with Gasteiger partial charge in [-0.25, -0.2) is 0 Å².